The molecule has 0 aromatic carbocycles. The maximum absolute atomic E-state index is 2.42. The van der Waals surface area contributed by atoms with E-state index in [0.29, 0.717) is 16.2 Å². The standard InChI is InChI=1S/C13H26S/c1-11(2,3)13(12(4,5)6)8-7-9-14-10-13/h7-10H2,1-6H3. The summed E-state index contributed by atoms with van der Waals surface area (Å²) in [6.45, 7) is 14.5. The van der Waals surface area contributed by atoms with Crippen LogP contribution >= 0.6 is 11.8 Å². The lowest BCUT2D eigenvalue weighted by Crippen LogP contribution is -2.49. The molecule has 0 saturated carbocycles. The van der Waals surface area contributed by atoms with E-state index in [0.717, 1.165) is 0 Å². The lowest BCUT2D eigenvalue weighted by molar-refractivity contribution is -0.0196. The summed E-state index contributed by atoms with van der Waals surface area (Å²) in [6, 6.07) is 0. The molecule has 1 aliphatic rings. The van der Waals surface area contributed by atoms with Crippen LogP contribution in [0.15, 0.2) is 0 Å². The molecular weight excluding hydrogens is 188 g/mol. The molecule has 0 unspecified atom stereocenters. The monoisotopic (exact) mass is 214 g/mol. The molecule has 0 amide bonds. The van der Waals surface area contributed by atoms with Crippen LogP contribution in [0.4, 0.5) is 0 Å². The second-order valence-corrected chi connectivity index (χ2v) is 7.84. The molecule has 1 heterocycles. The Kier molecular flexibility index (Phi) is 3.31. The van der Waals surface area contributed by atoms with Crippen molar-refractivity contribution in [2.45, 2.75) is 54.4 Å². The topological polar surface area (TPSA) is 0 Å². The van der Waals surface area contributed by atoms with Crippen molar-refractivity contribution in [3.8, 4) is 0 Å². The molecule has 84 valence electrons. The van der Waals surface area contributed by atoms with Crippen LogP contribution in [0.25, 0.3) is 0 Å². The third kappa shape index (κ3) is 1.98. The predicted octanol–water partition coefficient (Wildman–Crippen LogP) is 4.59. The quantitative estimate of drug-likeness (QED) is 0.568. The SMILES string of the molecule is CC(C)(C)C1(C(C)(C)C)CCCSC1. The van der Waals surface area contributed by atoms with Crippen LogP contribution < -0.4 is 0 Å². The number of hydrogen-bond donors (Lipinski definition) is 0. The maximum atomic E-state index is 2.42. The molecule has 0 aromatic heterocycles. The smallest absolute Gasteiger partial charge is 0.0000774 e. The average Bonchev–Trinajstić information content (AvgIpc) is 2.02. The van der Waals surface area contributed by atoms with Crippen LogP contribution in [-0.2, 0) is 0 Å². The first-order valence-electron chi connectivity index (χ1n) is 5.78. The van der Waals surface area contributed by atoms with Gasteiger partial charge in [-0.1, -0.05) is 41.5 Å². The normalized spacial score (nSPS) is 23.6. The number of hydrogen-bond acceptors (Lipinski definition) is 1. The first-order chi connectivity index (χ1) is 6.21. The van der Waals surface area contributed by atoms with Crippen LogP contribution in [0.2, 0.25) is 0 Å². The minimum Gasteiger partial charge on any atom is -0.161 e. The third-order valence-corrected chi connectivity index (χ3v) is 5.39. The van der Waals surface area contributed by atoms with Gasteiger partial charge >= 0.3 is 0 Å². The molecule has 0 radical (unpaired) electrons. The number of rotatable bonds is 0. The van der Waals surface area contributed by atoms with Crippen molar-refractivity contribution in [1.29, 1.82) is 0 Å². The highest BCUT2D eigenvalue weighted by Crippen LogP contribution is 2.57. The van der Waals surface area contributed by atoms with Gasteiger partial charge in [-0.3, -0.25) is 0 Å². The zero-order valence-electron chi connectivity index (χ0n) is 10.7. The van der Waals surface area contributed by atoms with E-state index in [1.165, 1.54) is 24.3 Å². The van der Waals surface area contributed by atoms with Gasteiger partial charge in [-0.05, 0) is 40.6 Å². The Balaban J connectivity index is 3.01. The highest BCUT2D eigenvalue weighted by Gasteiger charge is 2.50. The van der Waals surface area contributed by atoms with Crippen LogP contribution in [-0.4, -0.2) is 11.5 Å². The Morgan fingerprint density at radius 3 is 1.64 bits per heavy atom. The fraction of sp³-hybridized carbons (Fsp3) is 1.00. The van der Waals surface area contributed by atoms with Gasteiger partial charge < -0.3 is 0 Å². The van der Waals surface area contributed by atoms with E-state index in [9.17, 15) is 0 Å². The summed E-state index contributed by atoms with van der Waals surface area (Å²) >= 11 is 2.16. The highest BCUT2D eigenvalue weighted by molar-refractivity contribution is 7.99. The lowest BCUT2D eigenvalue weighted by atomic mass is 9.53. The van der Waals surface area contributed by atoms with E-state index >= 15 is 0 Å². The van der Waals surface area contributed by atoms with Crippen molar-refractivity contribution in [3.63, 3.8) is 0 Å². The minimum absolute atomic E-state index is 0.429. The summed E-state index contributed by atoms with van der Waals surface area (Å²) in [4.78, 5) is 0. The van der Waals surface area contributed by atoms with Gasteiger partial charge in [0.25, 0.3) is 0 Å². The van der Waals surface area contributed by atoms with Crippen molar-refractivity contribution in [2.24, 2.45) is 16.2 Å². The molecule has 0 spiro atoms. The second kappa shape index (κ2) is 3.73. The molecule has 1 heteroatoms. The summed E-state index contributed by atoms with van der Waals surface area (Å²) in [5.74, 6) is 2.72. The van der Waals surface area contributed by atoms with Gasteiger partial charge in [0, 0.05) is 0 Å². The Bertz CT molecular complexity index is 170. The van der Waals surface area contributed by atoms with Crippen molar-refractivity contribution in [1.82, 2.24) is 0 Å². The highest BCUT2D eigenvalue weighted by atomic mass is 32.2. The van der Waals surface area contributed by atoms with E-state index in [1.807, 2.05) is 0 Å². The van der Waals surface area contributed by atoms with E-state index < -0.39 is 0 Å². The number of thioether (sulfide) groups is 1. The van der Waals surface area contributed by atoms with Crippen LogP contribution in [0.5, 0.6) is 0 Å². The van der Waals surface area contributed by atoms with Gasteiger partial charge in [0.1, 0.15) is 0 Å². The van der Waals surface area contributed by atoms with E-state index in [-0.39, 0.29) is 0 Å². The molecule has 0 N–H and O–H groups in total. The van der Waals surface area contributed by atoms with E-state index in [1.54, 1.807) is 0 Å². The zero-order valence-corrected chi connectivity index (χ0v) is 11.6. The summed E-state index contributed by atoms with van der Waals surface area (Å²) in [5.41, 5.74) is 1.38. The summed E-state index contributed by atoms with van der Waals surface area (Å²) in [6.07, 6.45) is 2.81. The second-order valence-electron chi connectivity index (χ2n) is 6.74. The van der Waals surface area contributed by atoms with Crippen LogP contribution in [0, 0.1) is 16.2 Å². The molecule has 1 fully saturated rings. The molecular formula is C13H26S. The molecule has 0 atom stereocenters. The largest absolute Gasteiger partial charge is 0.161 e. The minimum atomic E-state index is 0.429. The molecule has 14 heavy (non-hydrogen) atoms. The van der Waals surface area contributed by atoms with E-state index in [2.05, 4.69) is 53.3 Å². The molecule has 0 nitrogen and oxygen atoms in total. The molecule has 0 aliphatic carbocycles. The summed E-state index contributed by atoms with van der Waals surface area (Å²) in [5, 5.41) is 0. The zero-order chi connectivity index (χ0) is 11.0. The van der Waals surface area contributed by atoms with Gasteiger partial charge in [0.2, 0.25) is 0 Å². The Morgan fingerprint density at radius 2 is 1.43 bits per heavy atom. The van der Waals surface area contributed by atoms with Crippen LogP contribution in [0.1, 0.15) is 54.4 Å². The fourth-order valence-corrected chi connectivity index (χ4v) is 4.95. The van der Waals surface area contributed by atoms with Crippen molar-refractivity contribution < 1.29 is 0 Å². The Morgan fingerprint density at radius 1 is 0.929 bits per heavy atom. The summed E-state index contributed by atoms with van der Waals surface area (Å²) < 4.78 is 0. The predicted molar refractivity (Wildman–Crippen MR) is 67.9 cm³/mol. The first-order valence-corrected chi connectivity index (χ1v) is 6.94. The van der Waals surface area contributed by atoms with E-state index in [4.69, 9.17) is 0 Å². The molecule has 1 rings (SSSR count). The van der Waals surface area contributed by atoms with Gasteiger partial charge in [-0.15, -0.1) is 0 Å². The van der Waals surface area contributed by atoms with Gasteiger partial charge in [0.15, 0.2) is 0 Å². The van der Waals surface area contributed by atoms with Crippen LogP contribution in [0.3, 0.4) is 0 Å². The summed E-state index contributed by atoms with van der Waals surface area (Å²) in [7, 11) is 0. The van der Waals surface area contributed by atoms with Crippen molar-refractivity contribution in [3.05, 3.63) is 0 Å². The molecule has 1 aliphatic heterocycles. The molecule has 0 bridgehead atoms. The molecule has 1 saturated heterocycles. The third-order valence-electron chi connectivity index (χ3n) is 4.11. The molecule has 0 aromatic rings. The fourth-order valence-electron chi connectivity index (χ4n) is 3.10. The van der Waals surface area contributed by atoms with Crippen molar-refractivity contribution in [2.75, 3.05) is 11.5 Å². The first kappa shape index (κ1) is 12.4. The van der Waals surface area contributed by atoms with Gasteiger partial charge in [-0.2, -0.15) is 11.8 Å². The Hall–Kier alpha value is 0.350. The lowest BCUT2D eigenvalue weighted by Gasteiger charge is -2.55. The van der Waals surface area contributed by atoms with Gasteiger partial charge in [0.05, 0.1) is 0 Å². The van der Waals surface area contributed by atoms with Crippen molar-refractivity contribution >= 4 is 11.8 Å². The van der Waals surface area contributed by atoms with Gasteiger partial charge in [-0.25, -0.2) is 0 Å². The average molecular weight is 214 g/mol. The Labute approximate surface area is 94.2 Å². The maximum Gasteiger partial charge on any atom is -0.0000774 e.